The first kappa shape index (κ1) is 12.4. The lowest BCUT2D eigenvalue weighted by Crippen LogP contribution is -2.22. The molecule has 104 valence electrons. The van der Waals surface area contributed by atoms with Crippen molar-refractivity contribution >= 4 is 11.6 Å². The first-order valence-corrected chi connectivity index (χ1v) is 6.14. The predicted octanol–water partition coefficient (Wildman–Crippen LogP) is 0.468. The first-order valence-electron chi connectivity index (χ1n) is 6.14. The van der Waals surface area contributed by atoms with Crippen LogP contribution in [0.3, 0.4) is 0 Å². The van der Waals surface area contributed by atoms with Crippen LogP contribution in [0.1, 0.15) is 16.2 Å². The third-order valence-electron chi connectivity index (χ3n) is 3.17. The average Bonchev–Trinajstić information content (AvgIpc) is 3.03. The molecule has 3 rings (SSSR count). The van der Waals surface area contributed by atoms with Gasteiger partial charge in [0.25, 0.3) is 5.91 Å². The van der Waals surface area contributed by atoms with Gasteiger partial charge in [0, 0.05) is 32.9 Å². The number of carbonyl (C=O) groups is 1. The number of aromatic amines is 1. The third-order valence-corrected chi connectivity index (χ3v) is 3.17. The molecule has 0 bridgehead atoms. The fourth-order valence-corrected chi connectivity index (χ4v) is 1.97. The number of hydrogen-bond donors (Lipinski definition) is 1. The summed E-state index contributed by atoms with van der Waals surface area (Å²) >= 11 is 0. The van der Waals surface area contributed by atoms with Crippen LogP contribution in [-0.2, 0) is 7.05 Å². The maximum absolute atomic E-state index is 11.9. The lowest BCUT2D eigenvalue weighted by atomic mass is 10.3. The zero-order valence-electron chi connectivity index (χ0n) is 11.7. The third kappa shape index (κ3) is 1.77. The lowest BCUT2D eigenvalue weighted by molar-refractivity contribution is 0.0821. The highest BCUT2D eigenvalue weighted by Gasteiger charge is 2.17. The molecule has 0 fully saturated rings. The maximum atomic E-state index is 11.9. The average molecular weight is 273 g/mol. The van der Waals surface area contributed by atoms with Crippen molar-refractivity contribution in [2.24, 2.45) is 7.05 Å². The largest absolute Gasteiger partial charge is 0.343 e. The Morgan fingerprint density at radius 2 is 2.05 bits per heavy atom. The van der Waals surface area contributed by atoms with Crippen molar-refractivity contribution in [1.29, 1.82) is 0 Å². The molecule has 0 saturated heterocycles. The highest BCUT2D eigenvalue weighted by atomic mass is 16.2. The summed E-state index contributed by atoms with van der Waals surface area (Å²) in [6.45, 7) is 1.96. The molecule has 0 aromatic carbocycles. The Balaban J connectivity index is 2.11. The minimum Gasteiger partial charge on any atom is -0.343 e. The zero-order chi connectivity index (χ0) is 14.4. The van der Waals surface area contributed by atoms with Crippen LogP contribution < -0.4 is 0 Å². The van der Waals surface area contributed by atoms with Crippen molar-refractivity contribution < 1.29 is 4.79 Å². The Hall–Kier alpha value is -2.64. The van der Waals surface area contributed by atoms with E-state index < -0.39 is 0 Å². The highest BCUT2D eigenvalue weighted by Crippen LogP contribution is 2.18. The summed E-state index contributed by atoms with van der Waals surface area (Å²) in [5.41, 5.74) is 2.79. The van der Waals surface area contributed by atoms with Crippen LogP contribution in [0.5, 0.6) is 0 Å². The quantitative estimate of drug-likeness (QED) is 0.735. The van der Waals surface area contributed by atoms with Crippen molar-refractivity contribution in [3.8, 4) is 11.5 Å². The fraction of sp³-hybridized carbons (Fsp3) is 0.333. The fourth-order valence-electron chi connectivity index (χ4n) is 1.97. The molecule has 0 saturated carbocycles. The van der Waals surface area contributed by atoms with Crippen molar-refractivity contribution in [1.82, 2.24) is 34.5 Å². The van der Waals surface area contributed by atoms with Gasteiger partial charge in [-0.25, -0.2) is 4.52 Å². The van der Waals surface area contributed by atoms with Gasteiger partial charge in [0.15, 0.2) is 5.65 Å². The van der Waals surface area contributed by atoms with Gasteiger partial charge in [0.2, 0.25) is 5.82 Å². The summed E-state index contributed by atoms with van der Waals surface area (Å²) in [6, 6.07) is 3.60. The molecule has 0 aliphatic heterocycles. The molecule has 3 heterocycles. The van der Waals surface area contributed by atoms with E-state index in [1.165, 1.54) is 4.90 Å². The van der Waals surface area contributed by atoms with Gasteiger partial charge in [-0.1, -0.05) is 0 Å². The van der Waals surface area contributed by atoms with Gasteiger partial charge in [-0.3, -0.25) is 14.6 Å². The van der Waals surface area contributed by atoms with Crippen molar-refractivity contribution in [2.45, 2.75) is 6.92 Å². The number of aromatic nitrogens is 6. The summed E-state index contributed by atoms with van der Waals surface area (Å²) in [4.78, 5) is 13.4. The van der Waals surface area contributed by atoms with E-state index in [0.717, 1.165) is 5.69 Å². The van der Waals surface area contributed by atoms with E-state index in [2.05, 4.69) is 20.4 Å². The molecular formula is C12H15N7O. The summed E-state index contributed by atoms with van der Waals surface area (Å²) in [7, 11) is 5.27. The zero-order valence-corrected chi connectivity index (χ0v) is 11.7. The summed E-state index contributed by atoms with van der Waals surface area (Å²) in [5, 5.41) is 15.5. The number of nitrogens with one attached hydrogen (secondary N) is 1. The number of nitrogens with zero attached hydrogens (tertiary/aromatic N) is 6. The molecule has 0 aliphatic rings. The van der Waals surface area contributed by atoms with Gasteiger partial charge in [0.1, 0.15) is 11.4 Å². The molecule has 8 nitrogen and oxygen atoms in total. The van der Waals surface area contributed by atoms with Gasteiger partial charge in [-0.05, 0) is 13.0 Å². The molecule has 0 radical (unpaired) electrons. The second-order valence-corrected chi connectivity index (χ2v) is 4.88. The molecule has 20 heavy (non-hydrogen) atoms. The molecule has 8 heteroatoms. The number of carbonyl (C=O) groups excluding carboxylic acids is 1. The number of aryl methyl sites for hydroxylation is 2. The molecule has 0 unspecified atom stereocenters. The maximum Gasteiger partial charge on any atom is 0.271 e. The minimum atomic E-state index is -0.112. The van der Waals surface area contributed by atoms with Gasteiger partial charge in [-0.15, -0.1) is 10.2 Å². The van der Waals surface area contributed by atoms with Crippen LogP contribution in [0.25, 0.3) is 17.2 Å². The Labute approximate surface area is 115 Å². The summed E-state index contributed by atoms with van der Waals surface area (Å²) < 4.78 is 3.43. The van der Waals surface area contributed by atoms with E-state index >= 15 is 0 Å². The summed E-state index contributed by atoms with van der Waals surface area (Å²) in [5.74, 6) is 0.472. The smallest absolute Gasteiger partial charge is 0.271 e. The number of rotatable bonds is 2. The number of fused-ring (bicyclic) bond motifs is 1. The molecular weight excluding hydrogens is 258 g/mol. The van der Waals surface area contributed by atoms with Crippen LogP contribution in [0, 0.1) is 6.92 Å². The number of amides is 1. The standard InChI is InChI=1S/C12H15N7O/c1-7-5-8(15-18(7)4)11-14-13-10-6-9(16-19(10)11)12(20)17(2)3/h5-6,16H,1-4H3. The van der Waals surface area contributed by atoms with Crippen molar-refractivity contribution in [2.75, 3.05) is 14.1 Å². The van der Waals surface area contributed by atoms with E-state index in [0.29, 0.717) is 22.9 Å². The van der Waals surface area contributed by atoms with Crippen molar-refractivity contribution in [3.05, 3.63) is 23.5 Å². The van der Waals surface area contributed by atoms with Crippen LogP contribution >= 0.6 is 0 Å². The lowest BCUT2D eigenvalue weighted by Gasteiger charge is -2.07. The normalized spacial score (nSPS) is 11.2. The van der Waals surface area contributed by atoms with E-state index in [4.69, 9.17) is 0 Å². The number of H-pyrrole nitrogens is 1. The Bertz CT molecular complexity index is 773. The van der Waals surface area contributed by atoms with Gasteiger partial charge >= 0.3 is 0 Å². The second-order valence-electron chi connectivity index (χ2n) is 4.88. The topological polar surface area (TPSA) is 84.1 Å². The first-order chi connectivity index (χ1) is 9.47. The van der Waals surface area contributed by atoms with Gasteiger partial charge in [-0.2, -0.15) is 5.10 Å². The Kier molecular flexibility index (Phi) is 2.60. The highest BCUT2D eigenvalue weighted by molar-refractivity contribution is 5.93. The van der Waals surface area contributed by atoms with Gasteiger partial charge < -0.3 is 4.90 Å². The van der Waals surface area contributed by atoms with E-state index in [9.17, 15) is 4.79 Å². The van der Waals surface area contributed by atoms with Crippen LogP contribution in [0.15, 0.2) is 12.1 Å². The van der Waals surface area contributed by atoms with Crippen molar-refractivity contribution in [3.63, 3.8) is 0 Å². The predicted molar refractivity (Wildman–Crippen MR) is 72.3 cm³/mol. The van der Waals surface area contributed by atoms with Crippen LogP contribution in [-0.4, -0.2) is 54.5 Å². The van der Waals surface area contributed by atoms with Crippen LogP contribution in [0.4, 0.5) is 0 Å². The second kappa shape index (κ2) is 4.19. The minimum absolute atomic E-state index is 0.112. The van der Waals surface area contributed by atoms with Crippen LogP contribution in [0.2, 0.25) is 0 Å². The van der Waals surface area contributed by atoms with Gasteiger partial charge in [0.05, 0.1) is 0 Å². The molecule has 3 aromatic rings. The van der Waals surface area contributed by atoms with E-state index in [-0.39, 0.29) is 5.91 Å². The van der Waals surface area contributed by atoms with E-state index in [1.54, 1.807) is 29.4 Å². The SMILES string of the molecule is Cc1cc(-c2nnc3cc(C(=O)N(C)C)[nH]n23)nn1C. The molecule has 3 aromatic heterocycles. The Morgan fingerprint density at radius 3 is 2.65 bits per heavy atom. The van der Waals surface area contributed by atoms with E-state index in [1.807, 2.05) is 20.0 Å². The molecule has 0 aliphatic carbocycles. The Morgan fingerprint density at radius 1 is 1.30 bits per heavy atom. The molecule has 1 N–H and O–H groups in total. The molecule has 0 spiro atoms. The summed E-state index contributed by atoms with van der Waals surface area (Å²) in [6.07, 6.45) is 0. The monoisotopic (exact) mass is 273 g/mol. The molecule has 0 atom stereocenters. The molecule has 1 amide bonds. The number of hydrogen-bond acceptors (Lipinski definition) is 4.